The van der Waals surface area contributed by atoms with E-state index < -0.39 is 37.5 Å². The third kappa shape index (κ3) is 6.07. The van der Waals surface area contributed by atoms with Crippen LogP contribution in [0.5, 0.6) is 5.75 Å². The number of hydrogen-bond donors (Lipinski definition) is 0. The van der Waals surface area contributed by atoms with Gasteiger partial charge in [-0.1, -0.05) is 52.4 Å². The van der Waals surface area contributed by atoms with Crippen molar-refractivity contribution < 1.29 is 38.3 Å². The Balaban J connectivity index is 1.24. The molecule has 1 heterocycles. The lowest BCUT2D eigenvalue weighted by atomic mass is 9.98. The molecule has 1 aliphatic heterocycles. The lowest BCUT2D eigenvalue weighted by Crippen LogP contribution is -2.48. The zero-order valence-electron chi connectivity index (χ0n) is 22.3. The number of halogens is 2. The number of carbonyl (C=O) groups is 1. The fourth-order valence-corrected chi connectivity index (χ4v) is 7.00. The third-order valence-corrected chi connectivity index (χ3v) is 9.11. The zero-order valence-corrected chi connectivity index (χ0v) is 24.0. The van der Waals surface area contributed by atoms with E-state index in [0.717, 1.165) is 29.2 Å². The molecule has 1 saturated heterocycles. The molecule has 1 fully saturated rings. The largest absolute Gasteiger partial charge is 0.488 e. The van der Waals surface area contributed by atoms with Crippen LogP contribution in [0.2, 0.25) is 0 Å². The molecule has 0 radical (unpaired) electrons. The summed E-state index contributed by atoms with van der Waals surface area (Å²) in [4.78, 5) is 15.6. The van der Waals surface area contributed by atoms with Gasteiger partial charge >= 0.3 is 26.8 Å². The molecule has 41 heavy (non-hydrogen) atoms. The Bertz CT molecular complexity index is 1680. The van der Waals surface area contributed by atoms with Crippen molar-refractivity contribution in [3.8, 4) is 16.9 Å². The Morgan fingerprint density at radius 1 is 0.878 bits per heavy atom. The SMILES string of the molecule is Cc1c(CN2CCN(C(=O)OCC3c4ccccc4-c4ccccc43)CC2)cc(OS(=O)(=O)F)c(C)c1S(=O)(=O)F. The first-order valence-electron chi connectivity index (χ1n) is 12.9. The molecule has 0 atom stereocenters. The Labute approximate surface area is 237 Å². The summed E-state index contributed by atoms with van der Waals surface area (Å²) >= 11 is 0. The first-order valence-corrected chi connectivity index (χ1v) is 15.6. The number of hydrogen-bond acceptors (Lipinski definition) is 8. The molecule has 0 N–H and O–H groups in total. The number of ether oxygens (including phenoxy) is 1. The van der Waals surface area contributed by atoms with E-state index in [4.69, 9.17) is 4.74 Å². The molecule has 0 aromatic heterocycles. The summed E-state index contributed by atoms with van der Waals surface area (Å²) in [5, 5.41) is 0. The minimum absolute atomic E-state index is 0.0626. The van der Waals surface area contributed by atoms with E-state index >= 15 is 0 Å². The van der Waals surface area contributed by atoms with E-state index in [1.54, 1.807) is 4.90 Å². The number of benzene rings is 3. The predicted molar refractivity (Wildman–Crippen MR) is 147 cm³/mol. The van der Waals surface area contributed by atoms with Crippen LogP contribution in [0.15, 0.2) is 59.5 Å². The number of rotatable bonds is 7. The minimum Gasteiger partial charge on any atom is -0.448 e. The smallest absolute Gasteiger partial charge is 0.448 e. The number of piperazine rings is 1. The molecule has 218 valence electrons. The normalized spacial score (nSPS) is 15.9. The lowest BCUT2D eigenvalue weighted by Gasteiger charge is -2.34. The number of nitrogens with zero attached hydrogens (tertiary/aromatic N) is 2. The second-order valence-electron chi connectivity index (χ2n) is 10.1. The van der Waals surface area contributed by atoms with Crippen LogP contribution < -0.4 is 4.18 Å². The monoisotopic (exact) mass is 606 g/mol. The molecule has 5 rings (SSSR count). The molecule has 0 spiro atoms. The fourth-order valence-electron chi connectivity index (χ4n) is 5.65. The van der Waals surface area contributed by atoms with Gasteiger partial charge in [0.2, 0.25) is 0 Å². The number of amides is 1. The second-order valence-corrected chi connectivity index (χ2v) is 12.3. The highest BCUT2D eigenvalue weighted by atomic mass is 32.3. The summed E-state index contributed by atoms with van der Waals surface area (Å²) in [7, 11) is -10.7. The van der Waals surface area contributed by atoms with Crippen molar-refractivity contribution in [1.82, 2.24) is 9.80 Å². The Morgan fingerprint density at radius 3 is 1.98 bits per heavy atom. The van der Waals surface area contributed by atoms with Gasteiger partial charge in [0.05, 0.1) is 0 Å². The quantitative estimate of drug-likeness (QED) is 0.359. The number of carbonyl (C=O) groups excluding carboxylic acids is 1. The Morgan fingerprint density at radius 2 is 1.44 bits per heavy atom. The van der Waals surface area contributed by atoms with Gasteiger partial charge in [-0.3, -0.25) is 4.90 Å². The molecule has 0 saturated carbocycles. The molecule has 1 amide bonds. The minimum atomic E-state index is -5.48. The molecule has 13 heteroatoms. The van der Waals surface area contributed by atoms with E-state index in [9.17, 15) is 29.4 Å². The molecule has 0 unspecified atom stereocenters. The van der Waals surface area contributed by atoms with Gasteiger partial charge in [-0.2, -0.15) is 16.8 Å². The van der Waals surface area contributed by atoms with Crippen LogP contribution in [0.4, 0.5) is 12.6 Å². The van der Waals surface area contributed by atoms with Gasteiger partial charge in [-0.15, -0.1) is 3.89 Å². The van der Waals surface area contributed by atoms with Crippen molar-refractivity contribution in [3.63, 3.8) is 0 Å². The maximum absolute atomic E-state index is 14.1. The first-order chi connectivity index (χ1) is 19.3. The summed E-state index contributed by atoms with van der Waals surface area (Å²) in [5.74, 6) is -0.677. The molecule has 1 aliphatic carbocycles. The van der Waals surface area contributed by atoms with E-state index in [0.29, 0.717) is 26.2 Å². The van der Waals surface area contributed by atoms with Crippen molar-refractivity contribution in [3.05, 3.63) is 82.4 Å². The molecule has 0 bridgehead atoms. The van der Waals surface area contributed by atoms with Crippen LogP contribution in [0.1, 0.15) is 33.7 Å². The van der Waals surface area contributed by atoms with Gasteiger partial charge < -0.3 is 13.8 Å². The van der Waals surface area contributed by atoms with E-state index in [-0.39, 0.29) is 35.8 Å². The molecule has 2 aliphatic rings. The predicted octanol–water partition coefficient (Wildman–Crippen LogP) is 4.62. The average Bonchev–Trinajstić information content (AvgIpc) is 3.22. The highest BCUT2D eigenvalue weighted by Crippen LogP contribution is 2.44. The van der Waals surface area contributed by atoms with Gasteiger partial charge in [-0.05, 0) is 53.3 Å². The van der Waals surface area contributed by atoms with Gasteiger partial charge in [-0.25, -0.2) is 4.79 Å². The van der Waals surface area contributed by atoms with Gasteiger partial charge in [0.15, 0.2) is 0 Å². The number of fused-ring (bicyclic) bond motifs is 3. The molecule has 3 aromatic rings. The van der Waals surface area contributed by atoms with Crippen LogP contribution >= 0.6 is 0 Å². The lowest BCUT2D eigenvalue weighted by molar-refractivity contribution is 0.0728. The first kappa shape index (κ1) is 29.0. The van der Waals surface area contributed by atoms with Crippen molar-refractivity contribution in [2.24, 2.45) is 0 Å². The van der Waals surface area contributed by atoms with Crippen LogP contribution in [-0.4, -0.2) is 65.5 Å². The van der Waals surface area contributed by atoms with Crippen molar-refractivity contribution in [2.75, 3.05) is 32.8 Å². The molecular formula is C28H28F2N2O7S2. The summed E-state index contributed by atoms with van der Waals surface area (Å²) in [6, 6.07) is 17.3. The zero-order chi connectivity index (χ0) is 29.5. The Kier molecular flexibility index (Phi) is 7.79. The fraction of sp³-hybridized carbons (Fsp3) is 0.321. The summed E-state index contributed by atoms with van der Waals surface area (Å²) in [6.45, 7) is 4.20. The van der Waals surface area contributed by atoms with E-state index in [1.807, 2.05) is 41.3 Å². The highest BCUT2D eigenvalue weighted by molar-refractivity contribution is 7.86. The highest BCUT2D eigenvalue weighted by Gasteiger charge is 2.31. The van der Waals surface area contributed by atoms with Crippen LogP contribution in [0.3, 0.4) is 0 Å². The van der Waals surface area contributed by atoms with Crippen molar-refractivity contribution in [1.29, 1.82) is 0 Å². The molecule has 3 aromatic carbocycles. The van der Waals surface area contributed by atoms with Crippen molar-refractivity contribution in [2.45, 2.75) is 31.2 Å². The Hall–Kier alpha value is -3.55. The second kappa shape index (κ2) is 11.0. The topological polar surface area (TPSA) is 110 Å². The maximum Gasteiger partial charge on any atom is 0.488 e. The summed E-state index contributed by atoms with van der Waals surface area (Å²) in [5.41, 5.74) is 4.44. The summed E-state index contributed by atoms with van der Waals surface area (Å²) in [6.07, 6.45) is -0.451. The summed E-state index contributed by atoms with van der Waals surface area (Å²) < 4.78 is 83.1. The maximum atomic E-state index is 14.1. The van der Waals surface area contributed by atoms with Gasteiger partial charge in [0.25, 0.3) is 0 Å². The van der Waals surface area contributed by atoms with E-state index in [2.05, 4.69) is 16.3 Å². The van der Waals surface area contributed by atoms with Crippen LogP contribution in [0.25, 0.3) is 11.1 Å². The van der Waals surface area contributed by atoms with Gasteiger partial charge in [0.1, 0.15) is 17.3 Å². The van der Waals surface area contributed by atoms with Crippen LogP contribution in [0, 0.1) is 13.8 Å². The molecule has 9 nitrogen and oxygen atoms in total. The third-order valence-electron chi connectivity index (χ3n) is 7.63. The van der Waals surface area contributed by atoms with Gasteiger partial charge in [0, 0.05) is 44.2 Å². The van der Waals surface area contributed by atoms with E-state index in [1.165, 1.54) is 13.0 Å². The average molecular weight is 607 g/mol. The van der Waals surface area contributed by atoms with Crippen LogP contribution in [-0.2, 0) is 32.0 Å². The van der Waals surface area contributed by atoms with Crippen molar-refractivity contribution >= 4 is 26.8 Å². The standard InChI is InChI=1S/C28H28F2N2O7S2/c1-18-20(15-26(39-41(30,36)37)19(2)27(18)40(29,34)35)16-31-11-13-32(14-12-31)28(33)38-17-25-23-9-5-3-7-21(23)22-8-4-6-10-24(22)25/h3-10,15,25H,11-14,16-17H2,1-2H3. The molecular weight excluding hydrogens is 578 g/mol.